The molecule has 1 saturated heterocycles. The molecule has 0 N–H and O–H groups in total. The number of carbonyl (C=O) groups excluding carboxylic acids is 1. The van der Waals surface area contributed by atoms with Gasteiger partial charge in [0.25, 0.3) is 0 Å². The zero-order valence-electron chi connectivity index (χ0n) is 13.4. The largest absolute Gasteiger partial charge is 0.444 e. The third kappa shape index (κ3) is 5.09. The first kappa shape index (κ1) is 16.9. The van der Waals surface area contributed by atoms with Crippen LogP contribution < -0.4 is 0 Å². The van der Waals surface area contributed by atoms with Crippen LogP contribution in [0.25, 0.3) is 0 Å². The number of likely N-dealkylation sites (tertiary alicyclic amines) is 1. The average molecular weight is 324 g/mol. The van der Waals surface area contributed by atoms with Crippen LogP contribution in [-0.4, -0.2) is 44.1 Å². The molecule has 2 rings (SSSR count). The van der Waals surface area contributed by atoms with E-state index >= 15 is 0 Å². The fourth-order valence-electron chi connectivity index (χ4n) is 2.51. The molecule has 1 aliphatic heterocycles. The Balaban J connectivity index is 1.91. The Labute approximate surface area is 134 Å². The molecule has 0 aromatic carbocycles. The van der Waals surface area contributed by atoms with E-state index in [-0.39, 0.29) is 12.1 Å². The molecule has 0 unspecified atom stereocenters. The highest BCUT2D eigenvalue weighted by Crippen LogP contribution is 2.22. The van der Waals surface area contributed by atoms with Crippen molar-refractivity contribution in [1.82, 2.24) is 9.88 Å². The third-order valence-corrected chi connectivity index (χ3v) is 4.87. The predicted molar refractivity (Wildman–Crippen MR) is 86.9 cm³/mol. The summed E-state index contributed by atoms with van der Waals surface area (Å²) in [5.41, 5.74) is 0.510. The Morgan fingerprint density at radius 3 is 2.73 bits per heavy atom. The number of amides is 1. The highest BCUT2D eigenvalue weighted by molar-refractivity contribution is 7.84. The van der Waals surface area contributed by atoms with Crippen molar-refractivity contribution in [3.63, 3.8) is 0 Å². The second-order valence-corrected chi connectivity index (χ2v) is 8.08. The van der Waals surface area contributed by atoms with E-state index in [9.17, 15) is 9.00 Å². The van der Waals surface area contributed by atoms with Crippen molar-refractivity contribution in [3.05, 3.63) is 30.1 Å². The number of carbonyl (C=O) groups is 1. The molecule has 0 radical (unpaired) electrons. The van der Waals surface area contributed by atoms with Gasteiger partial charge in [0.2, 0.25) is 0 Å². The molecule has 122 valence electrons. The van der Waals surface area contributed by atoms with Gasteiger partial charge in [-0.05, 0) is 51.3 Å². The maximum Gasteiger partial charge on any atom is 0.410 e. The van der Waals surface area contributed by atoms with Gasteiger partial charge in [-0.15, -0.1) is 0 Å². The Morgan fingerprint density at radius 1 is 1.41 bits per heavy atom. The number of hydrogen-bond acceptors (Lipinski definition) is 4. The topological polar surface area (TPSA) is 59.5 Å². The zero-order valence-corrected chi connectivity index (χ0v) is 14.3. The van der Waals surface area contributed by atoms with Gasteiger partial charge in [0.05, 0.1) is 0 Å². The van der Waals surface area contributed by atoms with Gasteiger partial charge >= 0.3 is 6.09 Å². The fraction of sp³-hybridized carbons (Fsp3) is 0.625. The van der Waals surface area contributed by atoms with E-state index in [1.54, 1.807) is 17.3 Å². The van der Waals surface area contributed by atoms with Crippen molar-refractivity contribution >= 4 is 16.9 Å². The smallest absolute Gasteiger partial charge is 0.410 e. The van der Waals surface area contributed by atoms with Gasteiger partial charge in [-0.3, -0.25) is 9.19 Å². The molecule has 0 saturated carbocycles. The van der Waals surface area contributed by atoms with Crippen LogP contribution in [-0.2, 0) is 21.3 Å². The summed E-state index contributed by atoms with van der Waals surface area (Å²) >= 11 is 0. The predicted octanol–water partition coefficient (Wildman–Crippen LogP) is 2.73. The lowest BCUT2D eigenvalue weighted by Crippen LogP contribution is -2.42. The number of hydrogen-bond donors (Lipinski definition) is 0. The Hall–Kier alpha value is -1.43. The highest BCUT2D eigenvalue weighted by Gasteiger charge is 2.33. The first-order chi connectivity index (χ1) is 10.3. The van der Waals surface area contributed by atoms with Gasteiger partial charge in [-0.1, -0.05) is 0 Å². The minimum absolute atomic E-state index is 0.0116. The second-order valence-electron chi connectivity index (χ2n) is 6.58. The van der Waals surface area contributed by atoms with Crippen molar-refractivity contribution in [2.45, 2.75) is 51.0 Å². The molecular formula is C16H24N2O3S. The first-order valence-electron chi connectivity index (χ1n) is 7.58. The summed E-state index contributed by atoms with van der Waals surface area (Å²) in [5, 5.41) is 0. The molecular weight excluding hydrogens is 300 g/mol. The molecule has 1 fully saturated rings. The lowest BCUT2D eigenvalue weighted by atomic mass is 10.2. The number of nitrogens with zero attached hydrogens (tertiary/aromatic N) is 2. The van der Waals surface area contributed by atoms with E-state index in [2.05, 4.69) is 4.98 Å². The molecule has 22 heavy (non-hydrogen) atoms. The lowest BCUT2D eigenvalue weighted by Gasteiger charge is -2.28. The molecule has 1 amide bonds. The van der Waals surface area contributed by atoms with E-state index in [1.807, 2.05) is 32.9 Å². The van der Waals surface area contributed by atoms with Gasteiger partial charge in [0.1, 0.15) is 5.60 Å². The number of pyridine rings is 1. The minimum atomic E-state index is -0.998. The normalized spacial score (nSPS) is 20.0. The van der Waals surface area contributed by atoms with Crippen LogP contribution in [0.2, 0.25) is 0 Å². The number of rotatable bonds is 4. The monoisotopic (exact) mass is 324 g/mol. The van der Waals surface area contributed by atoms with Crippen LogP contribution in [0, 0.1) is 0 Å². The van der Waals surface area contributed by atoms with Gasteiger partial charge in [-0.25, -0.2) is 4.79 Å². The summed E-state index contributed by atoms with van der Waals surface area (Å²) in [5.74, 6) is 1.00. The van der Waals surface area contributed by atoms with E-state index < -0.39 is 16.4 Å². The summed E-state index contributed by atoms with van der Waals surface area (Å²) in [7, 11) is -0.998. The Kier molecular flexibility index (Phi) is 5.56. The fourth-order valence-corrected chi connectivity index (χ4v) is 3.97. The van der Waals surface area contributed by atoms with E-state index in [4.69, 9.17) is 4.74 Å². The SMILES string of the molecule is CC(C)(C)OC(=O)N1CCC[C@H]1C[S@@](=O)Cc1ccncc1. The van der Waals surface area contributed by atoms with Gasteiger partial charge in [0.15, 0.2) is 0 Å². The van der Waals surface area contributed by atoms with Gasteiger partial charge in [0, 0.05) is 47.3 Å². The highest BCUT2D eigenvalue weighted by atomic mass is 32.2. The van der Waals surface area contributed by atoms with Crippen molar-refractivity contribution in [3.8, 4) is 0 Å². The minimum Gasteiger partial charge on any atom is -0.444 e. The summed E-state index contributed by atoms with van der Waals surface area (Å²) in [4.78, 5) is 17.9. The maximum absolute atomic E-state index is 12.3. The van der Waals surface area contributed by atoms with Crippen LogP contribution in [0.3, 0.4) is 0 Å². The number of ether oxygens (including phenoxy) is 1. The van der Waals surface area contributed by atoms with Crippen LogP contribution in [0.4, 0.5) is 4.79 Å². The summed E-state index contributed by atoms with van der Waals surface area (Å²) in [6.45, 7) is 6.26. The molecule has 1 aromatic rings. The number of aromatic nitrogens is 1. The van der Waals surface area contributed by atoms with Crippen LogP contribution in [0.1, 0.15) is 39.2 Å². The van der Waals surface area contributed by atoms with E-state index in [0.29, 0.717) is 18.1 Å². The third-order valence-electron chi connectivity index (χ3n) is 3.46. The van der Waals surface area contributed by atoms with Gasteiger partial charge < -0.3 is 9.64 Å². The summed E-state index contributed by atoms with van der Waals surface area (Å²) in [6.07, 6.45) is 4.94. The molecule has 6 heteroatoms. The van der Waals surface area contributed by atoms with Crippen molar-refractivity contribution in [1.29, 1.82) is 0 Å². The Bertz CT molecular complexity index is 528. The average Bonchev–Trinajstić information content (AvgIpc) is 2.86. The molecule has 1 aromatic heterocycles. The maximum atomic E-state index is 12.3. The molecule has 2 heterocycles. The Morgan fingerprint density at radius 2 is 2.09 bits per heavy atom. The van der Waals surface area contributed by atoms with Crippen molar-refractivity contribution in [2.24, 2.45) is 0 Å². The second kappa shape index (κ2) is 7.22. The van der Waals surface area contributed by atoms with Crippen LogP contribution >= 0.6 is 0 Å². The van der Waals surface area contributed by atoms with Crippen LogP contribution in [0.15, 0.2) is 24.5 Å². The quantitative estimate of drug-likeness (QED) is 0.854. The van der Waals surface area contributed by atoms with Crippen molar-refractivity contribution < 1.29 is 13.7 Å². The van der Waals surface area contributed by atoms with Crippen LogP contribution in [0.5, 0.6) is 0 Å². The van der Waals surface area contributed by atoms with E-state index in [0.717, 1.165) is 18.4 Å². The van der Waals surface area contributed by atoms with E-state index in [1.165, 1.54) is 0 Å². The molecule has 0 spiro atoms. The molecule has 2 atom stereocenters. The zero-order chi connectivity index (χ0) is 16.2. The van der Waals surface area contributed by atoms with Gasteiger partial charge in [-0.2, -0.15) is 0 Å². The molecule has 0 aliphatic carbocycles. The first-order valence-corrected chi connectivity index (χ1v) is 9.07. The molecule has 1 aliphatic rings. The molecule has 5 nitrogen and oxygen atoms in total. The van der Waals surface area contributed by atoms with Crippen molar-refractivity contribution in [2.75, 3.05) is 12.3 Å². The lowest BCUT2D eigenvalue weighted by molar-refractivity contribution is 0.0241. The molecule has 0 bridgehead atoms. The summed E-state index contributed by atoms with van der Waals surface area (Å²) in [6, 6.07) is 3.76. The standard InChI is InChI=1S/C16H24N2O3S/c1-16(2,3)21-15(19)18-10-4-5-14(18)12-22(20)11-13-6-8-17-9-7-13/h6-9,14H,4-5,10-12H2,1-3H3/t14-,22-/m0/s1. The summed E-state index contributed by atoms with van der Waals surface area (Å²) < 4.78 is 17.8.